The number of aryl methyl sites for hydroxylation is 1. The molecule has 0 spiro atoms. The zero-order chi connectivity index (χ0) is 25.8. The van der Waals surface area contributed by atoms with Crippen molar-refractivity contribution in [3.05, 3.63) is 17.8 Å². The first-order chi connectivity index (χ1) is 14.8. The molecule has 0 aliphatic rings. The predicted molar refractivity (Wildman–Crippen MR) is 130 cm³/mol. The molecule has 1 amide bonds. The van der Waals surface area contributed by atoms with Crippen LogP contribution in [0.2, 0.25) is 0 Å². The van der Waals surface area contributed by atoms with E-state index in [1.54, 1.807) is 60.7 Å². The number of aromatic nitrogens is 1. The molecule has 33 heavy (non-hydrogen) atoms. The van der Waals surface area contributed by atoms with Crippen LogP contribution in [0.5, 0.6) is 0 Å². The molecule has 0 saturated carbocycles. The van der Waals surface area contributed by atoms with Gasteiger partial charge >= 0.3 is 17.5 Å². The Balaban J connectivity index is 3.46. The molecule has 0 radical (unpaired) electrons. The van der Waals surface area contributed by atoms with Gasteiger partial charge in [-0.2, -0.15) is 0 Å². The van der Waals surface area contributed by atoms with E-state index in [0.717, 1.165) is 5.56 Å². The average Bonchev–Trinajstić information content (AvgIpc) is 2.58. The number of hydrogen-bond donors (Lipinski definition) is 2. The number of nitrogens with zero attached hydrogens (tertiary/aromatic N) is 1. The van der Waals surface area contributed by atoms with E-state index in [9.17, 15) is 14.4 Å². The Labute approximate surface area is 203 Å². The van der Waals surface area contributed by atoms with Crippen molar-refractivity contribution in [2.45, 2.75) is 95.8 Å². The van der Waals surface area contributed by atoms with Crippen LogP contribution in [0.3, 0.4) is 0 Å². The van der Waals surface area contributed by atoms with Gasteiger partial charge in [0.2, 0.25) is 0 Å². The number of ether oxygens (including phenoxy) is 2. The number of hydrogen-bond acceptors (Lipinski definition) is 10. The van der Waals surface area contributed by atoms with E-state index in [1.807, 2.05) is 20.8 Å². The molecule has 0 fully saturated rings. The molecule has 3 N–H and O–H groups in total. The highest BCUT2D eigenvalue weighted by atomic mass is 33.1. The van der Waals surface area contributed by atoms with Crippen molar-refractivity contribution < 1.29 is 28.7 Å². The molecule has 1 aromatic rings. The second kappa shape index (κ2) is 10.6. The van der Waals surface area contributed by atoms with Crippen molar-refractivity contribution in [3.63, 3.8) is 0 Å². The molecule has 1 aromatic heterocycles. The van der Waals surface area contributed by atoms with Gasteiger partial charge in [-0.1, -0.05) is 31.6 Å². The fraction of sp³-hybridized carbons (Fsp3) is 0.636. The number of anilines is 1. The lowest BCUT2D eigenvalue weighted by Crippen LogP contribution is -2.62. The summed E-state index contributed by atoms with van der Waals surface area (Å²) in [4.78, 5) is 48.7. The van der Waals surface area contributed by atoms with E-state index >= 15 is 0 Å². The molecule has 0 aromatic carbocycles. The summed E-state index contributed by atoms with van der Waals surface area (Å²) in [5, 5.41) is 3.05. The van der Waals surface area contributed by atoms with Gasteiger partial charge in [0, 0.05) is 10.9 Å². The van der Waals surface area contributed by atoms with Crippen LogP contribution in [0.1, 0.15) is 67.9 Å². The van der Waals surface area contributed by atoms with Crippen LogP contribution in [0.15, 0.2) is 17.3 Å². The number of rotatable bonds is 7. The van der Waals surface area contributed by atoms with Gasteiger partial charge in [-0.05, 0) is 70.9 Å². The van der Waals surface area contributed by atoms with Gasteiger partial charge in [-0.3, -0.25) is 9.63 Å². The molecule has 0 atom stereocenters. The van der Waals surface area contributed by atoms with Crippen LogP contribution in [0.25, 0.3) is 0 Å². The first-order valence-corrected chi connectivity index (χ1v) is 12.4. The number of esters is 2. The van der Waals surface area contributed by atoms with E-state index in [-0.39, 0.29) is 10.4 Å². The lowest BCUT2D eigenvalue weighted by atomic mass is 10.0. The van der Waals surface area contributed by atoms with E-state index in [4.69, 9.17) is 20.2 Å². The Morgan fingerprint density at radius 3 is 1.82 bits per heavy atom. The van der Waals surface area contributed by atoms with Crippen LogP contribution >= 0.6 is 21.6 Å². The van der Waals surface area contributed by atoms with Gasteiger partial charge in [-0.15, -0.1) is 0 Å². The van der Waals surface area contributed by atoms with E-state index in [1.165, 1.54) is 21.6 Å². The predicted octanol–water partition coefficient (Wildman–Crippen LogP) is 4.18. The lowest BCUT2D eigenvalue weighted by Gasteiger charge is -2.32. The highest BCUT2D eigenvalue weighted by Gasteiger charge is 2.60. The Hall–Kier alpha value is -1.82. The summed E-state index contributed by atoms with van der Waals surface area (Å²) in [7, 11) is 2.89. The second-order valence-electron chi connectivity index (χ2n) is 10.4. The third kappa shape index (κ3) is 8.80. The molecule has 0 aliphatic carbocycles. The molecule has 1 rings (SSSR count). The third-order valence-corrected chi connectivity index (χ3v) is 6.77. The zero-order valence-electron chi connectivity index (χ0n) is 20.9. The lowest BCUT2D eigenvalue weighted by molar-refractivity contribution is -0.203. The van der Waals surface area contributed by atoms with Crippen LogP contribution in [-0.2, 0) is 28.7 Å². The topological polar surface area (TPSA) is 130 Å². The molecule has 0 saturated heterocycles. The van der Waals surface area contributed by atoms with Crippen molar-refractivity contribution in [2.75, 3.05) is 5.32 Å². The smallest absolute Gasteiger partial charge is 0.363 e. The van der Waals surface area contributed by atoms with Crippen molar-refractivity contribution in [1.29, 1.82) is 0 Å². The fourth-order valence-corrected chi connectivity index (χ4v) is 4.22. The fourth-order valence-electron chi connectivity index (χ4n) is 2.21. The van der Waals surface area contributed by atoms with Crippen molar-refractivity contribution in [1.82, 2.24) is 4.98 Å². The first-order valence-electron chi connectivity index (χ1n) is 10.3. The standard InChI is InChI=1S/C22H35N3O6S2/c1-13-11-14(15(24-12-13)32-33-21(8,9)10)25-16(26)22(31-23,17(27)29-19(2,3)4)18(28)30-20(5,6)7/h11-12H,23H2,1-10H3,(H,25,26). The minimum Gasteiger partial charge on any atom is -0.457 e. The summed E-state index contributed by atoms with van der Waals surface area (Å²) in [6.45, 7) is 17.4. The maximum absolute atomic E-state index is 13.4. The third-order valence-electron chi connectivity index (χ3n) is 3.48. The van der Waals surface area contributed by atoms with Crippen molar-refractivity contribution in [2.24, 2.45) is 5.90 Å². The SMILES string of the molecule is Cc1cnc(SSC(C)(C)C)c(NC(=O)C(ON)(C(=O)OC(C)(C)C)C(=O)OC(C)(C)C)c1. The summed E-state index contributed by atoms with van der Waals surface area (Å²) in [6, 6.07) is 1.67. The highest BCUT2D eigenvalue weighted by molar-refractivity contribution is 8.77. The number of nitrogens with one attached hydrogen (secondary N) is 1. The maximum Gasteiger partial charge on any atom is 0.363 e. The Bertz CT molecular complexity index is 858. The maximum atomic E-state index is 13.4. The van der Waals surface area contributed by atoms with E-state index < -0.39 is 34.6 Å². The average molecular weight is 502 g/mol. The molecule has 9 nitrogen and oxygen atoms in total. The van der Waals surface area contributed by atoms with Gasteiger partial charge in [0.05, 0.1) is 5.69 Å². The Morgan fingerprint density at radius 1 is 0.939 bits per heavy atom. The van der Waals surface area contributed by atoms with E-state index in [0.29, 0.717) is 5.03 Å². The van der Waals surface area contributed by atoms with Crippen LogP contribution in [0.4, 0.5) is 5.69 Å². The second-order valence-corrected chi connectivity index (χ2v) is 13.3. The van der Waals surface area contributed by atoms with Crippen LogP contribution in [0, 0.1) is 6.92 Å². The van der Waals surface area contributed by atoms with E-state index in [2.05, 4.69) is 10.3 Å². The van der Waals surface area contributed by atoms with Crippen LogP contribution < -0.4 is 11.2 Å². The quantitative estimate of drug-likeness (QED) is 0.243. The largest absolute Gasteiger partial charge is 0.457 e. The number of amides is 1. The van der Waals surface area contributed by atoms with Gasteiger partial charge < -0.3 is 14.8 Å². The first kappa shape index (κ1) is 29.2. The summed E-state index contributed by atoms with van der Waals surface area (Å²) in [6.07, 6.45) is 1.65. The minimum atomic E-state index is -2.89. The molecular formula is C22H35N3O6S2. The number of carbonyl (C=O) groups is 3. The van der Waals surface area contributed by atoms with Gasteiger partial charge in [0.1, 0.15) is 16.2 Å². The molecule has 0 unspecified atom stereocenters. The summed E-state index contributed by atoms with van der Waals surface area (Å²) in [5.41, 5.74) is -3.90. The van der Waals surface area contributed by atoms with Crippen LogP contribution in [-0.4, -0.2) is 44.4 Å². The summed E-state index contributed by atoms with van der Waals surface area (Å²) < 4.78 is 10.5. The van der Waals surface area contributed by atoms with Crippen molar-refractivity contribution in [3.8, 4) is 0 Å². The molecular weight excluding hydrogens is 466 g/mol. The summed E-state index contributed by atoms with van der Waals surface area (Å²) in [5.74, 6) is 1.67. The molecule has 11 heteroatoms. The Morgan fingerprint density at radius 2 is 1.42 bits per heavy atom. The highest BCUT2D eigenvalue weighted by Crippen LogP contribution is 2.42. The van der Waals surface area contributed by atoms with Gasteiger partial charge in [0.25, 0.3) is 5.91 Å². The molecule has 0 aliphatic heterocycles. The number of nitrogens with two attached hydrogens (primary N) is 1. The normalized spacial score (nSPS) is 12.8. The number of pyridine rings is 1. The molecule has 0 bridgehead atoms. The zero-order valence-corrected chi connectivity index (χ0v) is 22.6. The summed E-state index contributed by atoms with van der Waals surface area (Å²) >= 11 is 0. The Kier molecular flexibility index (Phi) is 9.41. The van der Waals surface area contributed by atoms with Crippen molar-refractivity contribution >= 4 is 45.1 Å². The van der Waals surface area contributed by atoms with Gasteiger partial charge in [-0.25, -0.2) is 20.5 Å². The molecule has 1 heterocycles. The molecule has 186 valence electrons. The monoisotopic (exact) mass is 501 g/mol. The van der Waals surface area contributed by atoms with Gasteiger partial charge in [0.15, 0.2) is 0 Å². The number of carbonyl (C=O) groups excluding carboxylic acids is 3. The minimum absolute atomic E-state index is 0.0876.